The van der Waals surface area contributed by atoms with Crippen LogP contribution in [-0.4, -0.2) is 32.2 Å². The lowest BCUT2D eigenvalue weighted by Crippen LogP contribution is -2.15. The SMILES string of the molecule is CCc1c(C(=O)O)nnn1C[C@H](F)CCC#N. The number of hydrogen-bond donors (Lipinski definition) is 1. The molecule has 0 saturated heterocycles. The number of nitriles is 1. The van der Waals surface area contributed by atoms with Crippen LogP contribution in [0.5, 0.6) is 0 Å². The molecule has 0 saturated carbocycles. The predicted molar refractivity (Wildman–Crippen MR) is 56.1 cm³/mol. The van der Waals surface area contributed by atoms with Crippen molar-refractivity contribution in [2.75, 3.05) is 0 Å². The second kappa shape index (κ2) is 5.94. The first-order valence-corrected chi connectivity index (χ1v) is 5.26. The van der Waals surface area contributed by atoms with E-state index < -0.39 is 12.1 Å². The Morgan fingerprint density at radius 3 is 2.94 bits per heavy atom. The average Bonchev–Trinajstić information content (AvgIpc) is 2.69. The number of rotatable bonds is 6. The number of aromatic nitrogens is 3. The molecule has 17 heavy (non-hydrogen) atoms. The molecular formula is C10H13FN4O2. The molecule has 0 aliphatic heterocycles. The van der Waals surface area contributed by atoms with Gasteiger partial charge in [0.15, 0.2) is 5.69 Å². The molecule has 0 aliphatic rings. The maximum absolute atomic E-state index is 13.4. The van der Waals surface area contributed by atoms with E-state index in [0.29, 0.717) is 12.1 Å². The summed E-state index contributed by atoms with van der Waals surface area (Å²) in [6.45, 7) is 1.69. The Morgan fingerprint density at radius 2 is 2.41 bits per heavy atom. The normalized spacial score (nSPS) is 12.1. The van der Waals surface area contributed by atoms with Crippen molar-refractivity contribution in [3.63, 3.8) is 0 Å². The zero-order valence-electron chi connectivity index (χ0n) is 9.43. The second-order valence-electron chi connectivity index (χ2n) is 3.52. The van der Waals surface area contributed by atoms with Crippen molar-refractivity contribution < 1.29 is 14.3 Å². The summed E-state index contributed by atoms with van der Waals surface area (Å²) in [5.74, 6) is -1.17. The van der Waals surface area contributed by atoms with Gasteiger partial charge in [-0.3, -0.25) is 0 Å². The quantitative estimate of drug-likeness (QED) is 0.806. The highest BCUT2D eigenvalue weighted by Gasteiger charge is 2.19. The minimum atomic E-state index is -1.22. The summed E-state index contributed by atoms with van der Waals surface area (Å²) >= 11 is 0. The van der Waals surface area contributed by atoms with Crippen molar-refractivity contribution in [1.82, 2.24) is 15.0 Å². The zero-order valence-corrected chi connectivity index (χ0v) is 9.43. The van der Waals surface area contributed by atoms with Crippen molar-refractivity contribution in [3.05, 3.63) is 11.4 Å². The third-order valence-electron chi connectivity index (χ3n) is 2.32. The lowest BCUT2D eigenvalue weighted by atomic mass is 10.2. The van der Waals surface area contributed by atoms with Crippen LogP contribution in [0.4, 0.5) is 4.39 Å². The zero-order chi connectivity index (χ0) is 12.8. The van der Waals surface area contributed by atoms with E-state index in [0.717, 1.165) is 0 Å². The van der Waals surface area contributed by atoms with Gasteiger partial charge in [-0.05, 0) is 12.8 Å². The highest BCUT2D eigenvalue weighted by Crippen LogP contribution is 2.10. The third kappa shape index (κ3) is 3.24. The van der Waals surface area contributed by atoms with Crippen LogP contribution in [0.1, 0.15) is 35.9 Å². The van der Waals surface area contributed by atoms with Crippen LogP contribution in [0, 0.1) is 11.3 Å². The van der Waals surface area contributed by atoms with Crippen LogP contribution in [0.3, 0.4) is 0 Å². The van der Waals surface area contributed by atoms with E-state index in [4.69, 9.17) is 10.4 Å². The summed E-state index contributed by atoms with van der Waals surface area (Å²) in [4.78, 5) is 10.8. The molecule has 1 rings (SSSR count). The van der Waals surface area contributed by atoms with Gasteiger partial charge in [-0.2, -0.15) is 5.26 Å². The summed E-state index contributed by atoms with van der Waals surface area (Å²) in [6.07, 6.45) is -0.562. The first-order chi connectivity index (χ1) is 8.10. The molecule has 0 aromatic carbocycles. The van der Waals surface area contributed by atoms with E-state index in [2.05, 4.69) is 10.3 Å². The summed E-state index contributed by atoms with van der Waals surface area (Å²) in [7, 11) is 0. The standard InChI is InChI=1S/C10H13FN4O2/c1-2-8-9(10(16)17)13-14-15(8)6-7(11)4-3-5-12/h7H,2-4,6H2,1H3,(H,16,17)/t7-/m1/s1. The largest absolute Gasteiger partial charge is 0.476 e. The molecule has 1 heterocycles. The highest BCUT2D eigenvalue weighted by molar-refractivity contribution is 5.86. The summed E-state index contributed by atoms with van der Waals surface area (Å²) in [5.41, 5.74) is 0.261. The minimum Gasteiger partial charge on any atom is -0.476 e. The Kier molecular flexibility index (Phi) is 4.57. The van der Waals surface area contributed by atoms with E-state index in [1.54, 1.807) is 6.92 Å². The number of hydrogen-bond acceptors (Lipinski definition) is 4. The smallest absolute Gasteiger partial charge is 0.358 e. The molecule has 1 atom stereocenters. The number of carboxylic acid groups (broad SMARTS) is 1. The van der Waals surface area contributed by atoms with Crippen molar-refractivity contribution in [3.8, 4) is 6.07 Å². The third-order valence-corrected chi connectivity index (χ3v) is 2.32. The molecule has 0 radical (unpaired) electrons. The van der Waals surface area contributed by atoms with Gasteiger partial charge >= 0.3 is 5.97 Å². The number of carboxylic acids is 1. The van der Waals surface area contributed by atoms with E-state index >= 15 is 0 Å². The fraction of sp³-hybridized carbons (Fsp3) is 0.600. The molecule has 1 aromatic rings. The molecule has 6 nitrogen and oxygen atoms in total. The van der Waals surface area contributed by atoms with E-state index in [1.165, 1.54) is 4.68 Å². The highest BCUT2D eigenvalue weighted by atomic mass is 19.1. The Morgan fingerprint density at radius 1 is 1.71 bits per heavy atom. The molecule has 1 N–H and O–H groups in total. The number of halogens is 1. The van der Waals surface area contributed by atoms with Crippen LogP contribution < -0.4 is 0 Å². The topological polar surface area (TPSA) is 91.8 Å². The summed E-state index contributed by atoms with van der Waals surface area (Å²) in [5, 5.41) is 24.3. The van der Waals surface area contributed by atoms with Crippen molar-refractivity contribution in [1.29, 1.82) is 5.26 Å². The van der Waals surface area contributed by atoms with Crippen LogP contribution in [0.2, 0.25) is 0 Å². The molecule has 0 fully saturated rings. The molecule has 1 aromatic heterocycles. The van der Waals surface area contributed by atoms with Gasteiger partial charge in [-0.15, -0.1) is 5.10 Å². The molecule has 0 aliphatic carbocycles. The fourth-order valence-electron chi connectivity index (χ4n) is 1.50. The Balaban J connectivity index is 2.78. The number of carbonyl (C=O) groups is 1. The van der Waals surface area contributed by atoms with Crippen LogP contribution in [0.25, 0.3) is 0 Å². The number of aromatic carboxylic acids is 1. The predicted octanol–water partition coefficient (Wildman–Crippen LogP) is 1.18. The minimum absolute atomic E-state index is 0.0644. The lowest BCUT2D eigenvalue weighted by molar-refractivity contribution is 0.0689. The van der Waals surface area contributed by atoms with Gasteiger partial charge < -0.3 is 5.11 Å². The first-order valence-electron chi connectivity index (χ1n) is 5.26. The van der Waals surface area contributed by atoms with Gasteiger partial charge in [0.2, 0.25) is 0 Å². The lowest BCUT2D eigenvalue weighted by Gasteiger charge is -2.08. The monoisotopic (exact) mass is 240 g/mol. The van der Waals surface area contributed by atoms with Gasteiger partial charge in [-0.1, -0.05) is 12.1 Å². The van der Waals surface area contributed by atoms with Crippen molar-refractivity contribution >= 4 is 5.97 Å². The Hall–Kier alpha value is -1.97. The molecule has 0 spiro atoms. The van der Waals surface area contributed by atoms with Crippen LogP contribution >= 0.6 is 0 Å². The van der Waals surface area contributed by atoms with Crippen molar-refractivity contribution in [2.24, 2.45) is 0 Å². The molecule has 0 unspecified atom stereocenters. The Labute approximate surface area is 97.7 Å². The van der Waals surface area contributed by atoms with Gasteiger partial charge in [0.05, 0.1) is 18.3 Å². The number of alkyl halides is 1. The van der Waals surface area contributed by atoms with Gasteiger partial charge in [0.1, 0.15) is 6.17 Å². The average molecular weight is 240 g/mol. The second-order valence-corrected chi connectivity index (χ2v) is 3.52. The maximum Gasteiger partial charge on any atom is 0.358 e. The van der Waals surface area contributed by atoms with Crippen LogP contribution in [0.15, 0.2) is 0 Å². The first kappa shape index (κ1) is 13.1. The Bertz CT molecular complexity index is 438. The van der Waals surface area contributed by atoms with Gasteiger partial charge in [0.25, 0.3) is 0 Å². The number of nitrogens with zero attached hydrogens (tertiary/aromatic N) is 4. The summed E-state index contributed by atoms with van der Waals surface area (Å²) in [6, 6.07) is 1.86. The molecule has 7 heteroatoms. The summed E-state index contributed by atoms with van der Waals surface area (Å²) < 4.78 is 14.7. The van der Waals surface area contributed by atoms with Gasteiger partial charge in [-0.25, -0.2) is 13.9 Å². The maximum atomic E-state index is 13.4. The van der Waals surface area contributed by atoms with E-state index in [-0.39, 0.29) is 25.1 Å². The van der Waals surface area contributed by atoms with E-state index in [9.17, 15) is 9.18 Å². The molecule has 0 amide bonds. The van der Waals surface area contributed by atoms with Crippen LogP contribution in [-0.2, 0) is 13.0 Å². The molecule has 92 valence electrons. The van der Waals surface area contributed by atoms with Gasteiger partial charge in [0, 0.05) is 6.42 Å². The fourth-order valence-corrected chi connectivity index (χ4v) is 1.50. The molecule has 0 bridgehead atoms. The molecular weight excluding hydrogens is 227 g/mol. The van der Waals surface area contributed by atoms with E-state index in [1.807, 2.05) is 6.07 Å². The van der Waals surface area contributed by atoms with Crippen molar-refractivity contribution in [2.45, 2.75) is 38.9 Å².